The summed E-state index contributed by atoms with van der Waals surface area (Å²) < 4.78 is 5.13. The fourth-order valence-electron chi connectivity index (χ4n) is 1.77. The highest BCUT2D eigenvalue weighted by Gasteiger charge is 1.93. The Bertz CT molecular complexity index is 793. The summed E-state index contributed by atoms with van der Waals surface area (Å²) in [5.74, 6) is 0. The fourth-order valence-corrected chi connectivity index (χ4v) is 1.97. The lowest BCUT2D eigenvalue weighted by Crippen LogP contribution is -1.63. The van der Waals surface area contributed by atoms with Gasteiger partial charge in [0.15, 0.2) is 5.58 Å². The van der Waals surface area contributed by atoms with Crippen molar-refractivity contribution in [1.29, 1.82) is 0 Å². The van der Waals surface area contributed by atoms with Gasteiger partial charge in [0.05, 0.1) is 22.9 Å². The molecule has 0 spiro atoms. The molecule has 0 saturated heterocycles. The Balaban J connectivity index is 0.000000117. The maximum absolute atomic E-state index is 5.13. The zero-order valence-electron chi connectivity index (χ0n) is 9.96. The van der Waals surface area contributed by atoms with Gasteiger partial charge in [-0.15, -0.1) is 0 Å². The van der Waals surface area contributed by atoms with Crippen molar-refractivity contribution in [3.8, 4) is 0 Å². The van der Waals surface area contributed by atoms with Crippen LogP contribution in [0.15, 0.2) is 59.3 Å². The van der Waals surface area contributed by atoms with Gasteiger partial charge >= 0.3 is 0 Å². The summed E-state index contributed by atoms with van der Waals surface area (Å²) in [6, 6.07) is 15.6. The van der Waals surface area contributed by atoms with Gasteiger partial charge < -0.3 is 14.4 Å². The molecule has 0 saturated carbocycles. The molecule has 4 nitrogen and oxygen atoms in total. The minimum atomic E-state index is 0.432. The average molecular weight is 269 g/mol. The van der Waals surface area contributed by atoms with Crippen molar-refractivity contribution in [1.82, 2.24) is 15.0 Å². The number of nitrogens with zero attached hydrogens (tertiary/aromatic N) is 1. The van der Waals surface area contributed by atoms with Crippen molar-refractivity contribution in [3.05, 3.63) is 59.7 Å². The number of rotatable bonds is 0. The van der Waals surface area contributed by atoms with Crippen molar-refractivity contribution in [2.45, 2.75) is 0 Å². The van der Waals surface area contributed by atoms with E-state index in [9.17, 15) is 0 Å². The van der Waals surface area contributed by atoms with E-state index >= 15 is 0 Å². The summed E-state index contributed by atoms with van der Waals surface area (Å²) >= 11 is 4.79. The number of nitrogens with one attached hydrogen (secondary N) is 2. The molecule has 0 radical (unpaired) electrons. The fraction of sp³-hybridized carbons (Fsp3) is 0. The zero-order valence-corrected chi connectivity index (χ0v) is 10.8. The van der Waals surface area contributed by atoms with E-state index in [-0.39, 0.29) is 0 Å². The lowest BCUT2D eigenvalue weighted by atomic mass is 10.3. The quantitative estimate of drug-likeness (QED) is 0.473. The summed E-state index contributed by atoms with van der Waals surface area (Å²) in [6.45, 7) is 0. The predicted octanol–water partition coefficient (Wildman–Crippen LogP) is 4.05. The van der Waals surface area contributed by atoms with Crippen LogP contribution in [0.25, 0.3) is 22.1 Å². The number of aromatic nitrogens is 3. The Kier molecular flexibility index (Phi) is 3.12. The first kappa shape index (κ1) is 11.7. The number of hydrogen-bond donors (Lipinski definition) is 2. The molecule has 0 bridgehead atoms. The summed E-state index contributed by atoms with van der Waals surface area (Å²) in [4.78, 5) is 10.4. The molecule has 0 amide bonds. The number of imidazole rings is 1. The molecule has 0 aliphatic carbocycles. The van der Waals surface area contributed by atoms with Gasteiger partial charge in [0, 0.05) is 0 Å². The predicted molar refractivity (Wildman–Crippen MR) is 77.5 cm³/mol. The second-order valence-corrected chi connectivity index (χ2v) is 4.30. The minimum absolute atomic E-state index is 0.432. The Morgan fingerprint density at radius 1 is 0.947 bits per heavy atom. The van der Waals surface area contributed by atoms with E-state index in [4.69, 9.17) is 16.6 Å². The highest BCUT2D eigenvalue weighted by molar-refractivity contribution is 7.71. The molecule has 2 aromatic carbocycles. The van der Waals surface area contributed by atoms with E-state index in [2.05, 4.69) is 15.0 Å². The van der Waals surface area contributed by atoms with Crippen molar-refractivity contribution in [2.75, 3.05) is 0 Å². The molecule has 4 aromatic rings. The zero-order chi connectivity index (χ0) is 13.1. The molecule has 2 aromatic heterocycles. The number of hydrogen-bond acceptors (Lipinski definition) is 3. The van der Waals surface area contributed by atoms with E-state index in [1.165, 1.54) is 0 Å². The highest BCUT2D eigenvalue weighted by atomic mass is 32.1. The normalized spacial score (nSPS) is 10.3. The van der Waals surface area contributed by atoms with Gasteiger partial charge in [-0.1, -0.05) is 24.3 Å². The molecule has 4 rings (SSSR count). The van der Waals surface area contributed by atoms with E-state index in [0.29, 0.717) is 4.84 Å². The number of benzene rings is 2. The Hall–Kier alpha value is -2.40. The lowest BCUT2D eigenvalue weighted by Gasteiger charge is -1.81. The van der Waals surface area contributed by atoms with Crippen LogP contribution in [0.5, 0.6) is 0 Å². The molecule has 0 unspecified atom stereocenters. The van der Waals surface area contributed by atoms with Crippen LogP contribution in [0.2, 0.25) is 0 Å². The topological polar surface area (TPSA) is 57.6 Å². The smallest absolute Gasteiger partial charge is 0.266 e. The standard InChI is InChI=1S/C7H6N2.C7H5NOS/c1-2-4-7-6(3-1)8-5-9-7;10-7-8-5-3-1-2-4-6(5)9-7/h1-5H,(H,8,9);1-4H,(H,8,10). The van der Waals surface area contributed by atoms with Crippen LogP contribution in [0.1, 0.15) is 0 Å². The number of oxazole rings is 1. The summed E-state index contributed by atoms with van der Waals surface area (Å²) in [5.41, 5.74) is 3.88. The number of H-pyrrole nitrogens is 2. The van der Waals surface area contributed by atoms with Gasteiger partial charge in [-0.25, -0.2) is 4.98 Å². The molecule has 2 N–H and O–H groups in total. The molecule has 2 heterocycles. The van der Waals surface area contributed by atoms with E-state index in [1.807, 2.05) is 48.5 Å². The Labute approximate surface area is 114 Å². The number of para-hydroxylation sites is 4. The third kappa shape index (κ3) is 2.56. The molecule has 0 fully saturated rings. The van der Waals surface area contributed by atoms with Crippen LogP contribution in [-0.4, -0.2) is 15.0 Å². The second-order valence-electron chi connectivity index (χ2n) is 3.93. The summed E-state index contributed by atoms with van der Waals surface area (Å²) in [5, 5.41) is 0. The maximum atomic E-state index is 5.13. The van der Waals surface area contributed by atoms with Crippen molar-refractivity contribution in [3.63, 3.8) is 0 Å². The monoisotopic (exact) mass is 269 g/mol. The van der Waals surface area contributed by atoms with Crippen molar-refractivity contribution >= 4 is 34.4 Å². The summed E-state index contributed by atoms with van der Waals surface area (Å²) in [6.07, 6.45) is 1.70. The largest absolute Gasteiger partial charge is 0.429 e. The first-order valence-corrected chi connectivity index (χ1v) is 6.20. The SMILES string of the molecule is S=c1[nH]c2ccccc2o1.c1ccc2[nH]cnc2c1. The molecule has 5 heteroatoms. The second kappa shape index (κ2) is 5.07. The van der Waals surface area contributed by atoms with Gasteiger partial charge in [-0.2, -0.15) is 0 Å². The first-order valence-electron chi connectivity index (χ1n) is 5.79. The van der Waals surface area contributed by atoms with Gasteiger partial charge in [0.25, 0.3) is 4.84 Å². The first-order chi connectivity index (χ1) is 9.33. The molecule has 19 heavy (non-hydrogen) atoms. The number of aromatic amines is 2. The van der Waals surface area contributed by atoms with Crippen molar-refractivity contribution in [2.24, 2.45) is 0 Å². The van der Waals surface area contributed by atoms with Gasteiger partial charge in [-0.3, -0.25) is 0 Å². The third-order valence-corrected chi connectivity index (χ3v) is 2.84. The number of fused-ring (bicyclic) bond motifs is 2. The van der Waals surface area contributed by atoms with Gasteiger partial charge in [-0.05, 0) is 36.5 Å². The Morgan fingerprint density at radius 3 is 2.47 bits per heavy atom. The molecular weight excluding hydrogens is 258 g/mol. The van der Waals surface area contributed by atoms with E-state index in [0.717, 1.165) is 22.1 Å². The molecule has 0 aliphatic heterocycles. The van der Waals surface area contributed by atoms with Crippen LogP contribution in [0, 0.1) is 4.84 Å². The third-order valence-electron chi connectivity index (χ3n) is 2.65. The Morgan fingerprint density at radius 2 is 1.68 bits per heavy atom. The van der Waals surface area contributed by atoms with Crippen LogP contribution in [0.4, 0.5) is 0 Å². The highest BCUT2D eigenvalue weighted by Crippen LogP contribution is 2.11. The van der Waals surface area contributed by atoms with Crippen LogP contribution >= 0.6 is 12.2 Å². The van der Waals surface area contributed by atoms with Crippen LogP contribution in [-0.2, 0) is 0 Å². The molecule has 0 atom stereocenters. The summed E-state index contributed by atoms with van der Waals surface area (Å²) in [7, 11) is 0. The molecular formula is C14H11N3OS. The minimum Gasteiger partial charge on any atom is -0.429 e. The molecule has 0 aliphatic rings. The van der Waals surface area contributed by atoms with Crippen LogP contribution in [0.3, 0.4) is 0 Å². The van der Waals surface area contributed by atoms with E-state index in [1.54, 1.807) is 6.33 Å². The van der Waals surface area contributed by atoms with Crippen molar-refractivity contribution < 1.29 is 4.42 Å². The molecule has 94 valence electrons. The maximum Gasteiger partial charge on any atom is 0.266 e. The van der Waals surface area contributed by atoms with Gasteiger partial charge in [0.2, 0.25) is 0 Å². The lowest BCUT2D eigenvalue weighted by molar-refractivity contribution is 0.583. The van der Waals surface area contributed by atoms with Gasteiger partial charge in [0.1, 0.15) is 0 Å². The average Bonchev–Trinajstić information content (AvgIpc) is 3.03. The van der Waals surface area contributed by atoms with E-state index < -0.39 is 0 Å². The van der Waals surface area contributed by atoms with Crippen LogP contribution < -0.4 is 0 Å².